The lowest BCUT2D eigenvalue weighted by atomic mass is 9.91. The van der Waals surface area contributed by atoms with Crippen molar-refractivity contribution < 1.29 is 0 Å². The molecule has 0 aliphatic rings. The van der Waals surface area contributed by atoms with Crippen LogP contribution < -0.4 is 0 Å². The highest BCUT2D eigenvalue weighted by molar-refractivity contribution is 9.10. The van der Waals surface area contributed by atoms with E-state index >= 15 is 0 Å². The van der Waals surface area contributed by atoms with E-state index in [4.69, 9.17) is 15.0 Å². The number of nitrogens with zero attached hydrogens (tertiary/aromatic N) is 3. The smallest absolute Gasteiger partial charge is 0.164 e. The lowest BCUT2D eigenvalue weighted by Crippen LogP contribution is -2.00. The van der Waals surface area contributed by atoms with Crippen LogP contribution in [0.2, 0.25) is 0 Å². The number of halogens is 1. The fourth-order valence-corrected chi connectivity index (χ4v) is 7.12. The van der Waals surface area contributed by atoms with E-state index in [1.165, 1.54) is 43.4 Å². The lowest BCUT2D eigenvalue weighted by molar-refractivity contribution is 1.07. The molecule has 1 heterocycles. The molecule has 0 bridgehead atoms. The van der Waals surface area contributed by atoms with E-state index in [9.17, 15) is 0 Å². The summed E-state index contributed by atoms with van der Waals surface area (Å²) < 4.78 is 1.09. The highest BCUT2D eigenvalue weighted by Crippen LogP contribution is 2.39. The van der Waals surface area contributed by atoms with E-state index in [2.05, 4.69) is 125 Å². The van der Waals surface area contributed by atoms with E-state index in [1.807, 2.05) is 60.7 Å². The van der Waals surface area contributed by atoms with Crippen molar-refractivity contribution in [2.45, 2.75) is 0 Å². The van der Waals surface area contributed by atoms with Crippen LogP contribution in [0.25, 0.3) is 88.7 Å². The van der Waals surface area contributed by atoms with Crippen LogP contribution in [-0.4, -0.2) is 15.0 Å². The van der Waals surface area contributed by atoms with Crippen molar-refractivity contribution in [1.29, 1.82) is 0 Å². The molecule has 0 atom stereocenters. The standard InChI is InChI=1S/C45H28BrN3/c46-36-22-24-40-39-23-21-34(27-41(39)37-19-7-8-20-38(37)42(40)28-36)32-16-9-15-31(25-32)33-17-10-18-35(26-33)45-48-43(29-11-3-1-4-12-29)47-44(49-45)30-13-5-2-6-14-30/h1-28H. The van der Waals surface area contributed by atoms with Crippen LogP contribution in [0.5, 0.6) is 0 Å². The molecule has 0 aliphatic heterocycles. The highest BCUT2D eigenvalue weighted by Gasteiger charge is 2.14. The second-order valence-electron chi connectivity index (χ2n) is 12.2. The summed E-state index contributed by atoms with van der Waals surface area (Å²) in [6.45, 7) is 0. The van der Waals surface area contributed by atoms with Gasteiger partial charge < -0.3 is 0 Å². The van der Waals surface area contributed by atoms with Gasteiger partial charge in [0.25, 0.3) is 0 Å². The zero-order chi connectivity index (χ0) is 32.7. The molecule has 8 aromatic carbocycles. The third kappa shape index (κ3) is 5.46. The molecule has 1 aromatic heterocycles. The van der Waals surface area contributed by atoms with Crippen LogP contribution >= 0.6 is 15.9 Å². The highest BCUT2D eigenvalue weighted by atomic mass is 79.9. The number of fused-ring (bicyclic) bond motifs is 6. The van der Waals surface area contributed by atoms with E-state index in [-0.39, 0.29) is 0 Å². The Hall–Kier alpha value is -5.97. The van der Waals surface area contributed by atoms with Gasteiger partial charge in [0, 0.05) is 21.2 Å². The van der Waals surface area contributed by atoms with Crippen molar-refractivity contribution in [3.63, 3.8) is 0 Å². The van der Waals surface area contributed by atoms with Crippen LogP contribution in [0.15, 0.2) is 174 Å². The van der Waals surface area contributed by atoms with Gasteiger partial charge >= 0.3 is 0 Å². The summed E-state index contributed by atoms with van der Waals surface area (Å²) >= 11 is 3.68. The van der Waals surface area contributed by atoms with Crippen LogP contribution in [0, 0.1) is 0 Å². The fraction of sp³-hybridized carbons (Fsp3) is 0. The molecule has 0 aliphatic carbocycles. The molecule has 0 spiro atoms. The van der Waals surface area contributed by atoms with Gasteiger partial charge in [0.15, 0.2) is 17.5 Å². The van der Waals surface area contributed by atoms with Gasteiger partial charge in [0.1, 0.15) is 0 Å². The van der Waals surface area contributed by atoms with Crippen LogP contribution in [-0.2, 0) is 0 Å². The first kappa shape index (κ1) is 29.2. The van der Waals surface area contributed by atoms with Gasteiger partial charge in [-0.05, 0) is 84.9 Å². The summed E-state index contributed by atoms with van der Waals surface area (Å²) in [4.78, 5) is 14.8. The first-order valence-corrected chi connectivity index (χ1v) is 17.1. The molecule has 0 unspecified atom stereocenters. The van der Waals surface area contributed by atoms with E-state index < -0.39 is 0 Å². The number of aromatic nitrogens is 3. The van der Waals surface area contributed by atoms with Gasteiger partial charge in [-0.3, -0.25) is 0 Å². The normalized spacial score (nSPS) is 11.4. The minimum absolute atomic E-state index is 0.645. The molecule has 0 saturated carbocycles. The van der Waals surface area contributed by atoms with Crippen molar-refractivity contribution >= 4 is 48.2 Å². The summed E-state index contributed by atoms with van der Waals surface area (Å²) in [7, 11) is 0. The molecule has 4 heteroatoms. The maximum absolute atomic E-state index is 4.95. The molecule has 3 nitrogen and oxygen atoms in total. The van der Waals surface area contributed by atoms with Crippen LogP contribution in [0.1, 0.15) is 0 Å². The minimum Gasteiger partial charge on any atom is -0.208 e. The van der Waals surface area contributed by atoms with Crippen molar-refractivity contribution in [2.24, 2.45) is 0 Å². The predicted molar refractivity (Wildman–Crippen MR) is 207 cm³/mol. The molecule has 0 saturated heterocycles. The Kier molecular flexibility index (Phi) is 7.29. The van der Waals surface area contributed by atoms with Gasteiger partial charge in [0.05, 0.1) is 0 Å². The molecule has 0 radical (unpaired) electrons. The zero-order valence-corrected chi connectivity index (χ0v) is 28.0. The summed E-state index contributed by atoms with van der Waals surface area (Å²) in [5.74, 6) is 1.95. The average Bonchev–Trinajstić information content (AvgIpc) is 3.18. The molecule has 0 amide bonds. The number of benzene rings is 8. The molecular weight excluding hydrogens is 662 g/mol. The summed E-state index contributed by atoms with van der Waals surface area (Å²) in [6.07, 6.45) is 0. The average molecular weight is 691 g/mol. The quantitative estimate of drug-likeness (QED) is 0.169. The Labute approximate surface area is 292 Å². The molecule has 49 heavy (non-hydrogen) atoms. The number of rotatable bonds is 5. The van der Waals surface area contributed by atoms with Gasteiger partial charge in [0.2, 0.25) is 0 Å². The van der Waals surface area contributed by atoms with Crippen molar-refractivity contribution in [3.05, 3.63) is 174 Å². The molecule has 0 N–H and O–H groups in total. The SMILES string of the molecule is Brc1ccc2c3ccc(-c4cccc(-c5cccc(-c6nc(-c7ccccc7)nc(-c7ccccc7)n6)c5)c4)cc3c3ccccc3c2c1. The topological polar surface area (TPSA) is 38.7 Å². The molecule has 9 aromatic rings. The van der Waals surface area contributed by atoms with Gasteiger partial charge in [-0.1, -0.05) is 155 Å². The second-order valence-corrected chi connectivity index (χ2v) is 13.1. The largest absolute Gasteiger partial charge is 0.208 e. The molecular formula is C45H28BrN3. The maximum Gasteiger partial charge on any atom is 0.164 e. The third-order valence-electron chi connectivity index (χ3n) is 9.15. The maximum atomic E-state index is 4.95. The number of hydrogen-bond acceptors (Lipinski definition) is 3. The number of hydrogen-bond donors (Lipinski definition) is 0. The van der Waals surface area contributed by atoms with Crippen LogP contribution in [0.3, 0.4) is 0 Å². The van der Waals surface area contributed by atoms with Gasteiger partial charge in [-0.15, -0.1) is 0 Å². The Balaban J connectivity index is 1.14. The fourth-order valence-electron chi connectivity index (χ4n) is 6.76. The van der Waals surface area contributed by atoms with Crippen LogP contribution in [0.4, 0.5) is 0 Å². The Bertz CT molecular complexity index is 2590. The van der Waals surface area contributed by atoms with Crippen molar-refractivity contribution in [2.75, 3.05) is 0 Å². The predicted octanol–water partition coefficient (Wildman–Crippen LogP) is 12.4. The van der Waals surface area contributed by atoms with Crippen molar-refractivity contribution in [3.8, 4) is 56.4 Å². The first-order chi connectivity index (χ1) is 24.2. The Morgan fingerprint density at radius 2 is 0.653 bits per heavy atom. The minimum atomic E-state index is 0.645. The summed E-state index contributed by atoms with van der Waals surface area (Å²) in [5, 5.41) is 7.56. The van der Waals surface area contributed by atoms with Gasteiger partial charge in [-0.2, -0.15) is 0 Å². The Morgan fingerprint density at radius 1 is 0.265 bits per heavy atom. The third-order valence-corrected chi connectivity index (χ3v) is 9.64. The zero-order valence-electron chi connectivity index (χ0n) is 26.4. The first-order valence-electron chi connectivity index (χ1n) is 16.3. The van der Waals surface area contributed by atoms with Gasteiger partial charge in [-0.25, -0.2) is 15.0 Å². The van der Waals surface area contributed by atoms with E-state index in [1.54, 1.807) is 0 Å². The van der Waals surface area contributed by atoms with Crippen molar-refractivity contribution in [1.82, 2.24) is 15.0 Å². The Morgan fingerprint density at radius 3 is 1.22 bits per heavy atom. The summed E-state index contributed by atoms with van der Waals surface area (Å²) in [6, 6.07) is 59.6. The monoisotopic (exact) mass is 689 g/mol. The summed E-state index contributed by atoms with van der Waals surface area (Å²) in [5.41, 5.74) is 7.44. The second kappa shape index (κ2) is 12.2. The molecule has 9 rings (SSSR count). The molecule has 230 valence electrons. The van der Waals surface area contributed by atoms with E-state index in [0.717, 1.165) is 32.3 Å². The van der Waals surface area contributed by atoms with E-state index in [0.29, 0.717) is 17.5 Å². The lowest BCUT2D eigenvalue weighted by Gasteiger charge is -2.13. The molecule has 0 fully saturated rings.